The number of nitrogens with zero attached hydrogens (tertiary/aromatic N) is 1. The lowest BCUT2D eigenvalue weighted by molar-refractivity contribution is 0.530. The van der Waals surface area contributed by atoms with Gasteiger partial charge < -0.3 is 10.6 Å². The van der Waals surface area contributed by atoms with Gasteiger partial charge in [0.05, 0.1) is 5.54 Å². The monoisotopic (exact) mass is 129 g/mol. The largest absolute Gasteiger partial charge is 0.365 e. The molecule has 3 N–H and O–H groups in total. The molecule has 0 fully saturated rings. The van der Waals surface area contributed by atoms with Gasteiger partial charge in [0.2, 0.25) is 0 Å². The Labute approximate surface area is 56.3 Å². The van der Waals surface area contributed by atoms with Crippen molar-refractivity contribution in [3.63, 3.8) is 0 Å². The van der Waals surface area contributed by atoms with Crippen LogP contribution in [0.15, 0.2) is 0 Å². The van der Waals surface area contributed by atoms with Crippen LogP contribution in [0, 0.1) is 5.41 Å². The molecule has 0 saturated heterocycles. The first-order valence-corrected chi connectivity index (χ1v) is 2.91. The number of hydrogen-bond donors (Lipinski definition) is 2. The quantitative estimate of drug-likeness (QED) is 0.394. The lowest BCUT2D eigenvalue weighted by Crippen LogP contribution is -2.47. The third-order valence-corrected chi connectivity index (χ3v) is 1.06. The fourth-order valence-corrected chi connectivity index (χ4v) is 0.576. The molecule has 9 heavy (non-hydrogen) atoms. The van der Waals surface area contributed by atoms with E-state index in [2.05, 4.69) is 0 Å². The highest BCUT2D eigenvalue weighted by atomic mass is 15.1. The second-order valence-corrected chi connectivity index (χ2v) is 2.96. The average Bonchev–Trinajstić information content (AvgIpc) is 1.62. The van der Waals surface area contributed by atoms with Crippen molar-refractivity contribution in [1.29, 1.82) is 5.41 Å². The maximum atomic E-state index is 7.40. The fourth-order valence-electron chi connectivity index (χ4n) is 0.576. The lowest BCUT2D eigenvalue weighted by Gasteiger charge is -2.25. The normalized spacial score (nSPS) is 11.2. The highest BCUT2D eigenvalue weighted by molar-refractivity contribution is 5.87. The molecule has 0 aromatic rings. The Bertz CT molecular complexity index is 110. The first-order chi connectivity index (χ1) is 3.85. The van der Waals surface area contributed by atoms with Gasteiger partial charge >= 0.3 is 0 Å². The average molecular weight is 129 g/mol. The van der Waals surface area contributed by atoms with E-state index >= 15 is 0 Å². The van der Waals surface area contributed by atoms with Gasteiger partial charge in [-0.05, 0) is 13.8 Å². The van der Waals surface area contributed by atoms with Crippen molar-refractivity contribution in [3.05, 3.63) is 0 Å². The Morgan fingerprint density at radius 1 is 1.44 bits per heavy atom. The summed E-state index contributed by atoms with van der Waals surface area (Å²) in [5.74, 6) is 0.447. The molecule has 0 bridgehead atoms. The topological polar surface area (TPSA) is 53.1 Å². The standard InChI is InChI=1S/C6H15N3/c1-6(2,8)5(7)9(3)4/h7H,8H2,1-4H3. The van der Waals surface area contributed by atoms with Crippen molar-refractivity contribution in [2.24, 2.45) is 5.73 Å². The Kier molecular flexibility index (Phi) is 2.20. The zero-order valence-electron chi connectivity index (χ0n) is 6.52. The molecule has 0 unspecified atom stereocenters. The van der Waals surface area contributed by atoms with Crippen LogP contribution >= 0.6 is 0 Å². The third kappa shape index (κ3) is 2.46. The molecule has 0 atom stereocenters. The van der Waals surface area contributed by atoms with Crippen LogP contribution in [0.1, 0.15) is 13.8 Å². The molecular formula is C6H15N3. The van der Waals surface area contributed by atoms with Crippen molar-refractivity contribution in [2.45, 2.75) is 19.4 Å². The summed E-state index contributed by atoms with van der Waals surface area (Å²) in [5.41, 5.74) is 5.10. The number of hydrogen-bond acceptors (Lipinski definition) is 2. The van der Waals surface area contributed by atoms with Gasteiger partial charge in [-0.2, -0.15) is 0 Å². The number of likely N-dealkylation sites (N-methyl/N-ethyl adjacent to an activating group) is 1. The number of amidine groups is 1. The molecule has 0 aliphatic rings. The molecule has 0 amide bonds. The summed E-state index contributed by atoms with van der Waals surface area (Å²) in [5, 5.41) is 7.40. The van der Waals surface area contributed by atoms with E-state index in [0.29, 0.717) is 5.84 Å². The van der Waals surface area contributed by atoms with Gasteiger partial charge in [0.25, 0.3) is 0 Å². The summed E-state index contributed by atoms with van der Waals surface area (Å²) >= 11 is 0. The Balaban J connectivity index is 4.06. The van der Waals surface area contributed by atoms with E-state index in [4.69, 9.17) is 11.1 Å². The number of rotatable bonds is 1. The van der Waals surface area contributed by atoms with Crippen LogP contribution in [-0.4, -0.2) is 30.4 Å². The fraction of sp³-hybridized carbons (Fsp3) is 0.833. The summed E-state index contributed by atoms with van der Waals surface area (Å²) in [6.45, 7) is 3.63. The van der Waals surface area contributed by atoms with E-state index < -0.39 is 5.54 Å². The molecule has 0 aliphatic carbocycles. The zero-order valence-corrected chi connectivity index (χ0v) is 6.52. The predicted octanol–water partition coefficient (Wildman–Crippen LogP) is 0.263. The zero-order chi connectivity index (χ0) is 7.65. The Morgan fingerprint density at radius 2 is 1.78 bits per heavy atom. The van der Waals surface area contributed by atoms with E-state index in [-0.39, 0.29) is 0 Å². The molecule has 0 rings (SSSR count). The van der Waals surface area contributed by atoms with Gasteiger partial charge in [-0.15, -0.1) is 0 Å². The molecule has 0 aromatic heterocycles. The highest BCUT2D eigenvalue weighted by Crippen LogP contribution is 1.99. The summed E-state index contributed by atoms with van der Waals surface area (Å²) in [6, 6.07) is 0. The smallest absolute Gasteiger partial charge is 0.115 e. The van der Waals surface area contributed by atoms with E-state index in [1.54, 1.807) is 4.90 Å². The Hall–Kier alpha value is -0.570. The van der Waals surface area contributed by atoms with Gasteiger partial charge in [0, 0.05) is 14.1 Å². The molecule has 3 nitrogen and oxygen atoms in total. The minimum absolute atomic E-state index is 0.447. The van der Waals surface area contributed by atoms with E-state index in [9.17, 15) is 0 Å². The van der Waals surface area contributed by atoms with Crippen LogP contribution < -0.4 is 5.73 Å². The maximum Gasteiger partial charge on any atom is 0.115 e. The summed E-state index contributed by atoms with van der Waals surface area (Å²) in [7, 11) is 3.63. The van der Waals surface area contributed by atoms with E-state index in [0.717, 1.165) is 0 Å². The van der Waals surface area contributed by atoms with Crippen LogP contribution in [0.2, 0.25) is 0 Å². The second-order valence-electron chi connectivity index (χ2n) is 2.96. The predicted molar refractivity (Wildman–Crippen MR) is 39.7 cm³/mol. The van der Waals surface area contributed by atoms with Crippen molar-refractivity contribution in [2.75, 3.05) is 14.1 Å². The number of nitrogens with one attached hydrogen (secondary N) is 1. The van der Waals surface area contributed by atoms with Crippen molar-refractivity contribution < 1.29 is 0 Å². The molecule has 54 valence electrons. The van der Waals surface area contributed by atoms with E-state index in [1.807, 2.05) is 27.9 Å². The first kappa shape index (κ1) is 8.43. The minimum Gasteiger partial charge on any atom is -0.365 e. The van der Waals surface area contributed by atoms with Crippen LogP contribution in [0.25, 0.3) is 0 Å². The van der Waals surface area contributed by atoms with Gasteiger partial charge in [-0.25, -0.2) is 0 Å². The molecule has 0 radical (unpaired) electrons. The summed E-state index contributed by atoms with van der Waals surface area (Å²) in [6.07, 6.45) is 0. The molecule has 0 aliphatic heterocycles. The summed E-state index contributed by atoms with van der Waals surface area (Å²) in [4.78, 5) is 1.71. The van der Waals surface area contributed by atoms with Crippen molar-refractivity contribution >= 4 is 5.84 Å². The van der Waals surface area contributed by atoms with Crippen LogP contribution in [0.3, 0.4) is 0 Å². The molecule has 0 spiro atoms. The van der Waals surface area contributed by atoms with Crippen LogP contribution in [0.5, 0.6) is 0 Å². The van der Waals surface area contributed by atoms with Gasteiger partial charge in [-0.3, -0.25) is 5.41 Å². The highest BCUT2D eigenvalue weighted by Gasteiger charge is 2.18. The second kappa shape index (κ2) is 2.35. The van der Waals surface area contributed by atoms with Crippen LogP contribution in [-0.2, 0) is 0 Å². The van der Waals surface area contributed by atoms with Crippen LogP contribution in [0.4, 0.5) is 0 Å². The van der Waals surface area contributed by atoms with Crippen molar-refractivity contribution in [1.82, 2.24) is 4.90 Å². The third-order valence-electron chi connectivity index (χ3n) is 1.06. The SMILES string of the molecule is CN(C)C(=N)C(C)(C)N. The number of nitrogens with two attached hydrogens (primary N) is 1. The van der Waals surface area contributed by atoms with Gasteiger partial charge in [-0.1, -0.05) is 0 Å². The maximum absolute atomic E-state index is 7.40. The molecule has 3 heteroatoms. The summed E-state index contributed by atoms with van der Waals surface area (Å²) < 4.78 is 0. The molecule has 0 heterocycles. The van der Waals surface area contributed by atoms with Crippen molar-refractivity contribution in [3.8, 4) is 0 Å². The van der Waals surface area contributed by atoms with E-state index in [1.165, 1.54) is 0 Å². The minimum atomic E-state index is -0.510. The first-order valence-electron chi connectivity index (χ1n) is 2.91. The lowest BCUT2D eigenvalue weighted by atomic mass is 10.1. The molecule has 0 aromatic carbocycles. The van der Waals surface area contributed by atoms with Gasteiger partial charge in [0.1, 0.15) is 5.84 Å². The van der Waals surface area contributed by atoms with Gasteiger partial charge in [0.15, 0.2) is 0 Å². The molecular weight excluding hydrogens is 114 g/mol. The Morgan fingerprint density at radius 3 is 1.78 bits per heavy atom. The molecule has 0 saturated carbocycles.